The number of allylic oxidation sites excluding steroid dienone is 4. The normalized spacial score (nSPS) is 14.9. The van der Waals surface area contributed by atoms with Crippen LogP contribution in [-0.4, -0.2) is 10.4 Å². The Morgan fingerprint density at radius 1 is 1.42 bits per heavy atom. The lowest BCUT2D eigenvalue weighted by atomic mass is 10.3. The summed E-state index contributed by atoms with van der Waals surface area (Å²) in [6.07, 6.45) is -0.642. The van der Waals surface area contributed by atoms with Crippen molar-refractivity contribution in [2.45, 2.75) is 13.1 Å². The summed E-state index contributed by atoms with van der Waals surface area (Å²) in [7, 11) is 0. The minimum Gasteiger partial charge on any atom is -0.245 e. The fourth-order valence-electron chi connectivity index (χ4n) is 0.451. The zero-order valence-corrected chi connectivity index (χ0v) is 8.43. The Kier molecular flexibility index (Phi) is 5.19. The van der Waals surface area contributed by atoms with Crippen LogP contribution in [-0.2, 0) is 0 Å². The van der Waals surface area contributed by atoms with E-state index in [0.717, 1.165) is 10.3 Å². The Morgan fingerprint density at radius 3 is 2.33 bits per heavy atom. The molecule has 0 spiro atoms. The van der Waals surface area contributed by atoms with Crippen molar-refractivity contribution in [3.63, 3.8) is 0 Å². The molecule has 0 aromatic heterocycles. The van der Waals surface area contributed by atoms with Gasteiger partial charge in [-0.15, -0.1) is 0 Å². The van der Waals surface area contributed by atoms with Crippen LogP contribution in [0.5, 0.6) is 0 Å². The van der Waals surface area contributed by atoms with Gasteiger partial charge in [0.2, 0.25) is 0 Å². The number of halogens is 4. The second kappa shape index (κ2) is 5.34. The summed E-state index contributed by atoms with van der Waals surface area (Å²) in [4.78, 5) is 3.18. The van der Waals surface area contributed by atoms with Crippen LogP contribution in [0.25, 0.3) is 0 Å². The Hall–Kier alpha value is -0.330. The van der Waals surface area contributed by atoms with E-state index in [9.17, 15) is 13.2 Å². The molecule has 0 N–H and O–H groups in total. The average Bonchev–Trinajstić information content (AvgIpc) is 1.95. The summed E-state index contributed by atoms with van der Waals surface area (Å²) in [5, 5.41) is 0. The van der Waals surface area contributed by atoms with Gasteiger partial charge in [0.05, 0.1) is 4.22 Å². The molecule has 0 aromatic rings. The first-order valence-electron chi connectivity index (χ1n) is 3.05. The van der Waals surface area contributed by atoms with Crippen LogP contribution in [0.2, 0.25) is 0 Å². The van der Waals surface area contributed by atoms with Gasteiger partial charge in [-0.25, -0.2) is 4.99 Å². The topological polar surface area (TPSA) is 12.4 Å². The second-order valence-corrected chi connectivity index (χ2v) is 2.36. The Labute approximate surface area is 82.2 Å². The number of nitrogens with zero attached hydrogens (tertiary/aromatic N) is 1. The molecule has 0 aromatic carbocycles. The molecule has 0 heterocycles. The molecule has 68 valence electrons. The van der Waals surface area contributed by atoms with Gasteiger partial charge >= 0.3 is 6.18 Å². The third-order valence-corrected chi connectivity index (χ3v) is 1.20. The third-order valence-electron chi connectivity index (χ3n) is 0.925. The summed E-state index contributed by atoms with van der Waals surface area (Å²) in [6.45, 7) is 1.64. The molecule has 0 saturated carbocycles. The summed E-state index contributed by atoms with van der Waals surface area (Å²) in [5.74, 6) is 0. The van der Waals surface area contributed by atoms with E-state index in [2.05, 4.69) is 4.99 Å². The van der Waals surface area contributed by atoms with Gasteiger partial charge in [0.25, 0.3) is 0 Å². The maximum absolute atomic E-state index is 12.0. The van der Waals surface area contributed by atoms with Crippen LogP contribution in [0.4, 0.5) is 13.2 Å². The molecule has 0 saturated heterocycles. The standard InChI is InChI=1S/C7H7F3IN/c1-2-3-4-6(12-5-11)7(8,9)10/h2-5H,1H3/b3-2+,6-4-,12-5-. The van der Waals surface area contributed by atoms with E-state index in [1.165, 1.54) is 12.2 Å². The largest absolute Gasteiger partial charge is 0.433 e. The van der Waals surface area contributed by atoms with Crippen molar-refractivity contribution in [1.29, 1.82) is 0 Å². The molecule has 0 aliphatic rings. The molecular weight excluding hydrogens is 282 g/mol. The van der Waals surface area contributed by atoms with Crippen molar-refractivity contribution >= 4 is 26.8 Å². The molecule has 0 aliphatic carbocycles. The lowest BCUT2D eigenvalue weighted by Gasteiger charge is -2.04. The third kappa shape index (κ3) is 4.53. The zero-order valence-electron chi connectivity index (χ0n) is 6.27. The predicted octanol–water partition coefficient (Wildman–Crippen LogP) is 3.47. The predicted molar refractivity (Wildman–Crippen MR) is 51.5 cm³/mol. The minimum atomic E-state index is -4.37. The quantitative estimate of drug-likeness (QED) is 0.419. The minimum absolute atomic E-state index is 0.894. The maximum atomic E-state index is 12.0. The van der Waals surface area contributed by atoms with E-state index in [1.807, 2.05) is 0 Å². The van der Waals surface area contributed by atoms with E-state index < -0.39 is 11.9 Å². The monoisotopic (exact) mass is 289 g/mol. The highest BCUT2D eigenvalue weighted by atomic mass is 127. The van der Waals surface area contributed by atoms with Gasteiger partial charge in [0.15, 0.2) is 0 Å². The van der Waals surface area contributed by atoms with Crippen molar-refractivity contribution in [2.75, 3.05) is 0 Å². The van der Waals surface area contributed by atoms with E-state index >= 15 is 0 Å². The molecule has 0 rings (SSSR count). The number of hydrogen-bond acceptors (Lipinski definition) is 1. The van der Waals surface area contributed by atoms with Crippen LogP contribution in [0.15, 0.2) is 28.9 Å². The Morgan fingerprint density at radius 2 is 2.00 bits per heavy atom. The summed E-state index contributed by atoms with van der Waals surface area (Å²) in [6, 6.07) is 0. The molecular formula is C7H7F3IN. The lowest BCUT2D eigenvalue weighted by molar-refractivity contribution is -0.0922. The van der Waals surface area contributed by atoms with Crippen molar-refractivity contribution in [3.8, 4) is 0 Å². The van der Waals surface area contributed by atoms with E-state index in [1.54, 1.807) is 29.5 Å². The van der Waals surface area contributed by atoms with Crippen LogP contribution < -0.4 is 0 Å². The summed E-state index contributed by atoms with van der Waals surface area (Å²) in [5.41, 5.74) is -0.894. The highest BCUT2D eigenvalue weighted by Crippen LogP contribution is 2.26. The molecule has 0 radical (unpaired) electrons. The van der Waals surface area contributed by atoms with Crippen LogP contribution in [0.3, 0.4) is 0 Å². The van der Waals surface area contributed by atoms with Gasteiger partial charge in [-0.1, -0.05) is 12.2 Å². The summed E-state index contributed by atoms with van der Waals surface area (Å²) >= 11 is 1.64. The van der Waals surface area contributed by atoms with Gasteiger partial charge in [-0.05, 0) is 35.6 Å². The number of alkyl halides is 3. The lowest BCUT2D eigenvalue weighted by Crippen LogP contribution is -2.09. The van der Waals surface area contributed by atoms with Crippen LogP contribution in [0.1, 0.15) is 6.92 Å². The highest BCUT2D eigenvalue weighted by Gasteiger charge is 2.32. The van der Waals surface area contributed by atoms with Crippen LogP contribution in [0, 0.1) is 0 Å². The smallest absolute Gasteiger partial charge is 0.245 e. The number of aliphatic imine (C=N–C) groups is 1. The van der Waals surface area contributed by atoms with Crippen molar-refractivity contribution < 1.29 is 13.2 Å². The maximum Gasteiger partial charge on any atom is 0.433 e. The number of rotatable bonds is 2. The van der Waals surface area contributed by atoms with Crippen LogP contribution >= 0.6 is 22.6 Å². The van der Waals surface area contributed by atoms with Gasteiger partial charge in [-0.2, -0.15) is 13.2 Å². The fraction of sp³-hybridized carbons (Fsp3) is 0.286. The zero-order chi connectivity index (χ0) is 9.61. The molecule has 0 atom stereocenters. The van der Waals surface area contributed by atoms with Gasteiger partial charge in [-0.3, -0.25) is 0 Å². The summed E-state index contributed by atoms with van der Waals surface area (Å²) < 4.78 is 37.1. The highest BCUT2D eigenvalue weighted by molar-refractivity contribution is 14.1. The van der Waals surface area contributed by atoms with Crippen molar-refractivity contribution in [1.82, 2.24) is 0 Å². The molecule has 0 unspecified atom stereocenters. The van der Waals surface area contributed by atoms with Crippen molar-refractivity contribution in [3.05, 3.63) is 23.9 Å². The Balaban J connectivity index is 4.67. The molecule has 1 nitrogen and oxygen atoms in total. The number of hydrogen-bond donors (Lipinski definition) is 0. The average molecular weight is 289 g/mol. The Bertz CT molecular complexity index is 215. The van der Waals surface area contributed by atoms with Gasteiger partial charge in [0, 0.05) is 0 Å². The van der Waals surface area contributed by atoms with Gasteiger partial charge in [0.1, 0.15) is 5.70 Å². The SMILES string of the molecule is C/C=C/C=C(\N=C/I)C(F)(F)F. The molecule has 0 fully saturated rings. The first-order chi connectivity index (χ1) is 5.52. The molecule has 5 heteroatoms. The van der Waals surface area contributed by atoms with E-state index in [0.29, 0.717) is 0 Å². The van der Waals surface area contributed by atoms with Gasteiger partial charge < -0.3 is 0 Å². The molecule has 0 aliphatic heterocycles. The van der Waals surface area contributed by atoms with E-state index in [4.69, 9.17) is 0 Å². The van der Waals surface area contributed by atoms with Crippen molar-refractivity contribution in [2.24, 2.45) is 4.99 Å². The molecule has 0 bridgehead atoms. The second-order valence-electron chi connectivity index (χ2n) is 1.80. The van der Waals surface area contributed by atoms with E-state index in [-0.39, 0.29) is 0 Å². The first-order valence-corrected chi connectivity index (χ1v) is 4.30. The fourth-order valence-corrected chi connectivity index (χ4v) is 0.751. The first kappa shape index (κ1) is 11.7. The molecule has 0 amide bonds. The molecule has 12 heavy (non-hydrogen) atoms.